The third-order valence-electron chi connectivity index (χ3n) is 2.51. The predicted octanol–water partition coefficient (Wildman–Crippen LogP) is 2.75. The second-order valence-corrected chi connectivity index (χ2v) is 4.72. The number of hydrogen-bond donors (Lipinski definition) is 1. The first-order valence-electron chi connectivity index (χ1n) is 5.74. The van der Waals surface area contributed by atoms with E-state index in [-0.39, 0.29) is 18.2 Å². The van der Waals surface area contributed by atoms with E-state index >= 15 is 0 Å². The summed E-state index contributed by atoms with van der Waals surface area (Å²) in [7, 11) is 2.79. The van der Waals surface area contributed by atoms with Crippen molar-refractivity contribution in [1.29, 1.82) is 0 Å². The minimum Gasteiger partial charge on any atom is -0.494 e. The highest BCUT2D eigenvalue weighted by Crippen LogP contribution is 2.29. The number of aromatic nitrogens is 1. The average molecular weight is 296 g/mol. The predicted molar refractivity (Wildman–Crippen MR) is 74.1 cm³/mol. The molecule has 1 aromatic carbocycles. The van der Waals surface area contributed by atoms with Gasteiger partial charge in [-0.1, -0.05) is 0 Å². The number of halogens is 1. The normalized spacial score (nSPS) is 10.2. The lowest BCUT2D eigenvalue weighted by atomic mass is 10.3. The number of esters is 1. The molecule has 2 rings (SSSR count). The molecule has 0 aliphatic rings. The van der Waals surface area contributed by atoms with Crippen molar-refractivity contribution < 1.29 is 18.7 Å². The van der Waals surface area contributed by atoms with Crippen molar-refractivity contribution in [3.63, 3.8) is 0 Å². The zero-order valence-corrected chi connectivity index (χ0v) is 11.8. The summed E-state index contributed by atoms with van der Waals surface area (Å²) in [4.78, 5) is 15.4. The first-order valence-corrected chi connectivity index (χ1v) is 6.62. The fourth-order valence-electron chi connectivity index (χ4n) is 1.55. The first-order chi connectivity index (χ1) is 9.62. The van der Waals surface area contributed by atoms with Gasteiger partial charge in [-0.3, -0.25) is 4.79 Å². The largest absolute Gasteiger partial charge is 0.494 e. The number of nitrogens with one attached hydrogen (secondary N) is 1. The number of carbonyl (C=O) groups is 1. The van der Waals surface area contributed by atoms with Gasteiger partial charge in [0.1, 0.15) is 11.6 Å². The number of carbonyl (C=O) groups excluding carboxylic acids is 1. The summed E-state index contributed by atoms with van der Waals surface area (Å²) in [5.74, 6) is -0.339. The van der Waals surface area contributed by atoms with Gasteiger partial charge >= 0.3 is 5.97 Å². The van der Waals surface area contributed by atoms with E-state index in [0.29, 0.717) is 22.3 Å². The molecule has 1 heterocycles. The summed E-state index contributed by atoms with van der Waals surface area (Å²) in [5, 5.41) is 5.38. The molecule has 0 amide bonds. The molecular weight excluding hydrogens is 283 g/mol. The molecular formula is C13H13FN2O3S. The average Bonchev–Trinajstić information content (AvgIpc) is 2.87. The number of nitrogens with zero attached hydrogens (tertiary/aromatic N) is 1. The van der Waals surface area contributed by atoms with E-state index in [2.05, 4.69) is 15.0 Å². The molecule has 0 atom stereocenters. The summed E-state index contributed by atoms with van der Waals surface area (Å²) in [5.41, 5.74) is 1.22. The molecule has 0 bridgehead atoms. The van der Waals surface area contributed by atoms with Crippen LogP contribution in [0, 0.1) is 5.82 Å². The summed E-state index contributed by atoms with van der Waals surface area (Å²) >= 11 is 1.34. The Kier molecular flexibility index (Phi) is 4.52. The molecule has 0 aliphatic heterocycles. The van der Waals surface area contributed by atoms with Crippen LogP contribution in [0.3, 0.4) is 0 Å². The van der Waals surface area contributed by atoms with Crippen molar-refractivity contribution >= 4 is 28.1 Å². The van der Waals surface area contributed by atoms with E-state index in [1.54, 1.807) is 11.4 Å². The van der Waals surface area contributed by atoms with Crippen LogP contribution in [-0.2, 0) is 16.0 Å². The number of ether oxygens (including phenoxy) is 2. The zero-order valence-electron chi connectivity index (χ0n) is 11.0. The van der Waals surface area contributed by atoms with Gasteiger partial charge in [0, 0.05) is 11.4 Å². The molecule has 5 nitrogen and oxygen atoms in total. The number of anilines is 2. The second-order valence-electron chi connectivity index (χ2n) is 3.87. The molecule has 0 saturated carbocycles. The van der Waals surface area contributed by atoms with Gasteiger partial charge in [0.2, 0.25) is 0 Å². The molecule has 2 aromatic rings. The van der Waals surface area contributed by atoms with Crippen molar-refractivity contribution in [2.45, 2.75) is 6.42 Å². The van der Waals surface area contributed by atoms with Crippen molar-refractivity contribution in [1.82, 2.24) is 4.98 Å². The van der Waals surface area contributed by atoms with E-state index in [1.807, 2.05) is 0 Å². The number of benzene rings is 1. The Bertz CT molecular complexity index is 615. The Morgan fingerprint density at radius 3 is 2.95 bits per heavy atom. The molecule has 1 aromatic heterocycles. The van der Waals surface area contributed by atoms with Gasteiger partial charge in [0.15, 0.2) is 5.13 Å². The smallest absolute Gasteiger partial charge is 0.311 e. The monoisotopic (exact) mass is 296 g/mol. The van der Waals surface area contributed by atoms with Crippen molar-refractivity contribution in [2.75, 3.05) is 19.5 Å². The van der Waals surface area contributed by atoms with Crippen molar-refractivity contribution in [2.24, 2.45) is 0 Å². The number of rotatable bonds is 5. The molecule has 0 spiro atoms. The minimum atomic E-state index is -0.377. The Hall–Kier alpha value is -2.15. The zero-order chi connectivity index (χ0) is 14.5. The van der Waals surface area contributed by atoms with E-state index < -0.39 is 0 Å². The van der Waals surface area contributed by atoms with E-state index in [0.717, 1.165) is 0 Å². The summed E-state index contributed by atoms with van der Waals surface area (Å²) < 4.78 is 22.7. The minimum absolute atomic E-state index is 0.120. The summed E-state index contributed by atoms with van der Waals surface area (Å²) in [6.45, 7) is 0. The Balaban J connectivity index is 2.12. The lowest BCUT2D eigenvalue weighted by Crippen LogP contribution is -2.04. The molecule has 1 N–H and O–H groups in total. The molecule has 20 heavy (non-hydrogen) atoms. The topological polar surface area (TPSA) is 60.5 Å². The molecule has 0 fully saturated rings. The Labute approximate surface area is 119 Å². The van der Waals surface area contributed by atoms with Gasteiger partial charge in [-0.2, -0.15) is 0 Å². The Morgan fingerprint density at radius 2 is 2.25 bits per heavy atom. The van der Waals surface area contributed by atoms with Crippen LogP contribution >= 0.6 is 11.3 Å². The van der Waals surface area contributed by atoms with E-state index in [9.17, 15) is 9.18 Å². The van der Waals surface area contributed by atoms with Crippen LogP contribution < -0.4 is 10.1 Å². The second kappa shape index (κ2) is 6.33. The van der Waals surface area contributed by atoms with Crippen LogP contribution in [0.5, 0.6) is 5.75 Å². The van der Waals surface area contributed by atoms with Crippen LogP contribution in [0.4, 0.5) is 15.2 Å². The standard InChI is InChI=1S/C13H13FN2O3S/c1-18-11-5-8(14)3-4-10(11)16-13-15-9(7-20-13)6-12(17)19-2/h3-5,7H,6H2,1-2H3,(H,15,16). The number of thiazole rings is 1. The molecule has 0 saturated heterocycles. The maximum absolute atomic E-state index is 13.1. The third kappa shape index (κ3) is 3.45. The van der Waals surface area contributed by atoms with Gasteiger partial charge in [-0.05, 0) is 12.1 Å². The van der Waals surface area contributed by atoms with Crippen LogP contribution in [0.15, 0.2) is 23.6 Å². The molecule has 0 radical (unpaired) electrons. The fourth-order valence-corrected chi connectivity index (χ4v) is 2.27. The fraction of sp³-hybridized carbons (Fsp3) is 0.231. The van der Waals surface area contributed by atoms with Crippen LogP contribution in [-0.4, -0.2) is 25.2 Å². The van der Waals surface area contributed by atoms with Gasteiger partial charge in [-0.15, -0.1) is 11.3 Å². The third-order valence-corrected chi connectivity index (χ3v) is 3.32. The lowest BCUT2D eigenvalue weighted by molar-refractivity contribution is -0.139. The molecule has 106 valence electrons. The lowest BCUT2D eigenvalue weighted by Gasteiger charge is -2.08. The van der Waals surface area contributed by atoms with Gasteiger partial charge in [0.05, 0.1) is 32.0 Å². The molecule has 7 heteroatoms. The summed E-state index contributed by atoms with van der Waals surface area (Å²) in [6, 6.07) is 4.18. The Morgan fingerprint density at radius 1 is 1.45 bits per heavy atom. The summed E-state index contributed by atoms with van der Waals surface area (Å²) in [6.07, 6.45) is 0.120. The highest BCUT2D eigenvalue weighted by atomic mass is 32.1. The SMILES string of the molecule is COC(=O)Cc1csc(Nc2ccc(F)cc2OC)n1. The highest BCUT2D eigenvalue weighted by molar-refractivity contribution is 7.13. The van der Waals surface area contributed by atoms with Gasteiger partial charge < -0.3 is 14.8 Å². The van der Waals surface area contributed by atoms with Crippen molar-refractivity contribution in [3.05, 3.63) is 35.1 Å². The maximum Gasteiger partial charge on any atom is 0.311 e. The van der Waals surface area contributed by atoms with Crippen LogP contribution in [0.25, 0.3) is 0 Å². The molecule has 0 aliphatic carbocycles. The van der Waals surface area contributed by atoms with E-state index in [4.69, 9.17) is 4.74 Å². The van der Waals surface area contributed by atoms with Crippen LogP contribution in [0.2, 0.25) is 0 Å². The quantitative estimate of drug-likeness (QED) is 0.860. The maximum atomic E-state index is 13.1. The number of hydrogen-bond acceptors (Lipinski definition) is 6. The van der Waals surface area contributed by atoms with Crippen LogP contribution in [0.1, 0.15) is 5.69 Å². The first kappa shape index (κ1) is 14.3. The number of methoxy groups -OCH3 is 2. The van der Waals surface area contributed by atoms with Gasteiger partial charge in [-0.25, -0.2) is 9.37 Å². The highest BCUT2D eigenvalue weighted by Gasteiger charge is 2.10. The van der Waals surface area contributed by atoms with Gasteiger partial charge in [0.25, 0.3) is 0 Å². The molecule has 0 unspecified atom stereocenters. The van der Waals surface area contributed by atoms with Crippen molar-refractivity contribution in [3.8, 4) is 5.75 Å². The van der Waals surface area contributed by atoms with E-state index in [1.165, 1.54) is 37.7 Å².